The summed E-state index contributed by atoms with van der Waals surface area (Å²) in [4.78, 5) is 24.7. The van der Waals surface area contributed by atoms with Crippen molar-refractivity contribution in [3.05, 3.63) is 65.3 Å². The lowest BCUT2D eigenvalue weighted by Gasteiger charge is -2.40. The fraction of sp³-hybridized carbons (Fsp3) is 0.533. The highest BCUT2D eigenvalue weighted by atomic mass is 16.7. The van der Waals surface area contributed by atoms with E-state index in [2.05, 4.69) is 6.58 Å². The van der Waals surface area contributed by atoms with Crippen LogP contribution in [0.1, 0.15) is 24.8 Å². The maximum atomic E-state index is 12.4. The second-order valence-electron chi connectivity index (χ2n) is 10.9. The number of aliphatic hydroxyl groups is 3. The minimum Gasteiger partial charge on any atom is -0.508 e. The third-order valence-corrected chi connectivity index (χ3v) is 7.98. The molecule has 0 radical (unpaired) electrons. The van der Waals surface area contributed by atoms with Crippen molar-refractivity contribution < 1.29 is 58.4 Å². The Hall–Kier alpha value is -3.10. The zero-order valence-corrected chi connectivity index (χ0v) is 23.2. The summed E-state index contributed by atoms with van der Waals surface area (Å²) >= 11 is 0. The lowest BCUT2D eigenvalue weighted by atomic mass is 9.86. The molecule has 9 atom stereocenters. The Labute approximate surface area is 242 Å². The van der Waals surface area contributed by atoms with Crippen LogP contribution >= 0.6 is 0 Å². The Morgan fingerprint density at radius 2 is 1.86 bits per heavy atom. The second-order valence-corrected chi connectivity index (χ2v) is 10.9. The van der Waals surface area contributed by atoms with E-state index in [9.17, 15) is 30.0 Å². The molecule has 3 saturated heterocycles. The molecule has 0 amide bonds. The van der Waals surface area contributed by atoms with Crippen molar-refractivity contribution in [1.82, 2.24) is 0 Å². The molecule has 3 fully saturated rings. The van der Waals surface area contributed by atoms with Gasteiger partial charge in [0, 0.05) is 19.1 Å². The quantitative estimate of drug-likeness (QED) is 0.192. The molecule has 3 heterocycles. The molecule has 0 saturated carbocycles. The summed E-state index contributed by atoms with van der Waals surface area (Å²) < 4.78 is 34.0. The number of benzene rings is 1. The van der Waals surface area contributed by atoms with Gasteiger partial charge >= 0.3 is 11.9 Å². The maximum absolute atomic E-state index is 12.4. The van der Waals surface area contributed by atoms with Crippen LogP contribution < -0.4 is 0 Å². The lowest BCUT2D eigenvalue weighted by molar-refractivity contribution is -0.299. The molecule has 4 aliphatic rings. The van der Waals surface area contributed by atoms with E-state index in [1.807, 2.05) is 6.08 Å². The van der Waals surface area contributed by atoms with Gasteiger partial charge in [-0.25, -0.2) is 4.79 Å². The Bertz CT molecular complexity index is 1220. The highest BCUT2D eigenvalue weighted by Crippen LogP contribution is 2.41. The van der Waals surface area contributed by atoms with Crippen LogP contribution in [0.2, 0.25) is 0 Å². The van der Waals surface area contributed by atoms with E-state index < -0.39 is 61.0 Å². The molecule has 228 valence electrons. The first-order valence-electron chi connectivity index (χ1n) is 13.9. The third kappa shape index (κ3) is 6.60. The molecule has 1 aromatic carbocycles. The van der Waals surface area contributed by atoms with E-state index in [4.69, 9.17) is 28.4 Å². The molecule has 12 nitrogen and oxygen atoms in total. The standard InChI is InChI=1S/C30H36O12/c1-15-24-20(40-28(15)36)10-17(4-3-5-18-12-21(24)41-29(18)37-2)13-39-30-27(35)26(34)25(33)22(42-30)14-38-23(32)11-16-6-8-19(31)9-7-16/h5-10,20-22,24-27,29-31,33-35H,1,3-4,11-14H2,2H3/b17-10+,18-5+/t20?,21?,22-,24?,25-,26+,27-,29?,30-/m1/s1. The normalized spacial score (nSPS) is 37.2. The van der Waals surface area contributed by atoms with Gasteiger partial charge in [0.25, 0.3) is 0 Å². The van der Waals surface area contributed by atoms with E-state index in [1.165, 1.54) is 12.1 Å². The summed E-state index contributed by atoms with van der Waals surface area (Å²) in [6.45, 7) is 3.50. The Balaban J connectivity index is 1.23. The van der Waals surface area contributed by atoms with Crippen molar-refractivity contribution >= 4 is 11.9 Å². The van der Waals surface area contributed by atoms with E-state index >= 15 is 0 Å². The zero-order valence-electron chi connectivity index (χ0n) is 23.2. The molecule has 1 aliphatic carbocycles. The molecular weight excluding hydrogens is 552 g/mol. The Kier molecular flexibility index (Phi) is 9.43. The van der Waals surface area contributed by atoms with Gasteiger partial charge < -0.3 is 48.8 Å². The monoisotopic (exact) mass is 588 g/mol. The van der Waals surface area contributed by atoms with Crippen LogP contribution in [0, 0.1) is 5.92 Å². The maximum Gasteiger partial charge on any atom is 0.334 e. The number of ether oxygens (including phenoxy) is 6. The number of aromatic hydroxyl groups is 1. The average molecular weight is 589 g/mol. The predicted molar refractivity (Wildman–Crippen MR) is 144 cm³/mol. The number of aliphatic hydroxyl groups excluding tert-OH is 3. The third-order valence-electron chi connectivity index (χ3n) is 7.98. The van der Waals surface area contributed by atoms with Gasteiger partial charge in [0.05, 0.1) is 25.0 Å². The molecule has 4 unspecified atom stereocenters. The van der Waals surface area contributed by atoms with Crippen LogP contribution in [0.5, 0.6) is 5.75 Å². The fourth-order valence-corrected chi connectivity index (χ4v) is 5.67. The van der Waals surface area contributed by atoms with Gasteiger partial charge in [0.15, 0.2) is 12.6 Å². The topological polar surface area (TPSA) is 170 Å². The van der Waals surface area contributed by atoms with Crippen molar-refractivity contribution in [3.8, 4) is 5.75 Å². The van der Waals surface area contributed by atoms with Crippen LogP contribution in [-0.2, 0) is 44.4 Å². The summed E-state index contributed by atoms with van der Waals surface area (Å²) in [6.07, 6.45) is -3.20. The summed E-state index contributed by atoms with van der Waals surface area (Å²) in [5.41, 5.74) is 2.67. The number of phenolic OH excluding ortho intramolecular Hbond substituents is 1. The highest BCUT2D eigenvalue weighted by molar-refractivity contribution is 5.91. The molecule has 0 spiro atoms. The number of carbonyl (C=O) groups is 2. The summed E-state index contributed by atoms with van der Waals surface area (Å²) in [7, 11) is 1.56. The van der Waals surface area contributed by atoms with Gasteiger partial charge in [-0.3, -0.25) is 4.79 Å². The minimum atomic E-state index is -1.62. The number of fused-ring (bicyclic) bond motifs is 4. The first-order valence-corrected chi connectivity index (χ1v) is 13.9. The Morgan fingerprint density at radius 1 is 1.10 bits per heavy atom. The molecule has 1 aromatic rings. The van der Waals surface area contributed by atoms with Gasteiger partial charge in [0.1, 0.15) is 42.9 Å². The number of allylic oxidation sites excluding steroid dienone is 1. The van der Waals surface area contributed by atoms with E-state index in [-0.39, 0.29) is 31.5 Å². The van der Waals surface area contributed by atoms with Crippen LogP contribution in [0.15, 0.2) is 59.7 Å². The first-order chi connectivity index (χ1) is 20.1. The number of hydrogen-bond acceptors (Lipinski definition) is 12. The predicted octanol–water partition coefficient (Wildman–Crippen LogP) is 0.808. The number of rotatable bonds is 8. The number of hydrogen-bond donors (Lipinski definition) is 4. The first kappa shape index (κ1) is 30.4. The summed E-state index contributed by atoms with van der Waals surface area (Å²) in [5, 5.41) is 40.8. The number of esters is 2. The largest absolute Gasteiger partial charge is 0.508 e. The summed E-state index contributed by atoms with van der Waals surface area (Å²) in [5.74, 6) is -1.45. The molecule has 2 bridgehead atoms. The number of phenols is 1. The lowest BCUT2D eigenvalue weighted by Crippen LogP contribution is -2.59. The van der Waals surface area contributed by atoms with Crippen molar-refractivity contribution in [2.24, 2.45) is 5.92 Å². The van der Waals surface area contributed by atoms with Crippen molar-refractivity contribution in [1.29, 1.82) is 0 Å². The molecule has 4 N–H and O–H groups in total. The number of methoxy groups -OCH3 is 1. The minimum absolute atomic E-state index is 0.0342. The van der Waals surface area contributed by atoms with Crippen LogP contribution in [0.3, 0.4) is 0 Å². The van der Waals surface area contributed by atoms with E-state index in [0.717, 1.165) is 11.1 Å². The molecule has 0 aromatic heterocycles. The van der Waals surface area contributed by atoms with Gasteiger partial charge in [-0.15, -0.1) is 0 Å². The van der Waals surface area contributed by atoms with Crippen LogP contribution in [0.4, 0.5) is 0 Å². The van der Waals surface area contributed by atoms with Gasteiger partial charge in [-0.05, 0) is 47.8 Å². The molecule has 3 aliphatic heterocycles. The smallest absolute Gasteiger partial charge is 0.334 e. The summed E-state index contributed by atoms with van der Waals surface area (Å²) in [6, 6.07) is 6.05. The highest BCUT2D eigenvalue weighted by Gasteiger charge is 2.48. The SMILES string of the molecule is C=C1C(=O)OC2/C=C(/CO[C@@H]3O[C@H](COC(=O)Cc4ccc(O)cc4)[C@@H](O)[C@H](O)[C@H]3O)CC/C=C3\CC(OC3OC)C12. The zero-order chi connectivity index (χ0) is 30.0. The van der Waals surface area contributed by atoms with Crippen molar-refractivity contribution in [2.45, 2.75) is 74.9 Å². The molecule has 42 heavy (non-hydrogen) atoms. The van der Waals surface area contributed by atoms with E-state index in [0.29, 0.717) is 30.4 Å². The second kappa shape index (κ2) is 13.0. The van der Waals surface area contributed by atoms with Crippen molar-refractivity contribution in [2.75, 3.05) is 20.3 Å². The molecule has 5 rings (SSSR count). The van der Waals surface area contributed by atoms with Gasteiger partial charge in [0.2, 0.25) is 0 Å². The van der Waals surface area contributed by atoms with Crippen LogP contribution in [-0.4, -0.2) is 102 Å². The average Bonchev–Trinajstić information content (AvgIpc) is 3.49. The van der Waals surface area contributed by atoms with Crippen molar-refractivity contribution in [3.63, 3.8) is 0 Å². The van der Waals surface area contributed by atoms with Crippen LogP contribution in [0.25, 0.3) is 0 Å². The van der Waals surface area contributed by atoms with Gasteiger partial charge in [-0.1, -0.05) is 24.8 Å². The Morgan fingerprint density at radius 3 is 2.60 bits per heavy atom. The molecular formula is C30H36O12. The fourth-order valence-electron chi connectivity index (χ4n) is 5.67. The van der Waals surface area contributed by atoms with Gasteiger partial charge in [-0.2, -0.15) is 0 Å². The van der Waals surface area contributed by atoms with E-state index in [1.54, 1.807) is 25.3 Å². The number of carbonyl (C=O) groups excluding carboxylic acids is 2. The molecule has 12 heteroatoms.